The van der Waals surface area contributed by atoms with E-state index in [1.807, 2.05) is 30.3 Å². The lowest BCUT2D eigenvalue weighted by molar-refractivity contribution is 0.199. The third kappa shape index (κ3) is 4.39. The lowest BCUT2D eigenvalue weighted by Gasteiger charge is -2.09. The Morgan fingerprint density at radius 3 is 2.24 bits per heavy atom. The molecule has 4 nitrogen and oxygen atoms in total. The van der Waals surface area contributed by atoms with Crippen molar-refractivity contribution in [3.63, 3.8) is 0 Å². The maximum atomic E-state index is 12.1. The van der Waals surface area contributed by atoms with Gasteiger partial charge in [-0.2, -0.15) is 0 Å². The molecule has 0 radical (unpaired) electrons. The molecule has 0 spiro atoms. The molecule has 1 atom stereocenters. The average Bonchev–Trinajstić information content (AvgIpc) is 2.48. The van der Waals surface area contributed by atoms with Crippen LogP contribution in [-0.2, 0) is 16.4 Å². The summed E-state index contributed by atoms with van der Waals surface area (Å²) in [5.41, 5.74) is 1.78. The molecule has 2 rings (SSSR count). The number of benzene rings is 2. The number of aliphatic hydroxyl groups is 1. The second-order valence-corrected chi connectivity index (χ2v) is 6.65. The van der Waals surface area contributed by atoms with E-state index in [2.05, 4.69) is 4.72 Å². The second kappa shape index (κ2) is 6.85. The summed E-state index contributed by atoms with van der Waals surface area (Å²) in [6, 6.07) is 16.0. The fourth-order valence-electron chi connectivity index (χ4n) is 1.98. The van der Waals surface area contributed by atoms with Crippen LogP contribution in [0.1, 0.15) is 24.2 Å². The van der Waals surface area contributed by atoms with Crippen LogP contribution in [0, 0.1) is 0 Å². The van der Waals surface area contributed by atoms with E-state index >= 15 is 0 Å². The van der Waals surface area contributed by atoms with Gasteiger partial charge in [0.05, 0.1) is 11.0 Å². The first-order chi connectivity index (χ1) is 9.99. The molecule has 2 aromatic rings. The molecule has 1 unspecified atom stereocenters. The predicted molar refractivity (Wildman–Crippen MR) is 82.4 cm³/mol. The molecule has 0 aliphatic rings. The zero-order valence-corrected chi connectivity index (χ0v) is 12.7. The van der Waals surface area contributed by atoms with Crippen LogP contribution < -0.4 is 4.72 Å². The van der Waals surface area contributed by atoms with Crippen LogP contribution in [0.5, 0.6) is 0 Å². The molecule has 0 fully saturated rings. The summed E-state index contributed by atoms with van der Waals surface area (Å²) >= 11 is 0. The van der Waals surface area contributed by atoms with Gasteiger partial charge in [-0.05, 0) is 36.6 Å². The van der Waals surface area contributed by atoms with Gasteiger partial charge in [-0.1, -0.05) is 42.5 Å². The van der Waals surface area contributed by atoms with Crippen LogP contribution in [0.2, 0.25) is 0 Å². The topological polar surface area (TPSA) is 66.4 Å². The van der Waals surface area contributed by atoms with Gasteiger partial charge in [0, 0.05) is 6.54 Å². The largest absolute Gasteiger partial charge is 0.389 e. The Balaban J connectivity index is 1.98. The van der Waals surface area contributed by atoms with E-state index in [1.54, 1.807) is 19.1 Å². The SMILES string of the molecule is CC(O)c1ccc(S(=O)(=O)NCCc2ccccc2)cc1. The fourth-order valence-corrected chi connectivity index (χ4v) is 3.02. The quantitative estimate of drug-likeness (QED) is 0.860. The third-order valence-electron chi connectivity index (χ3n) is 3.22. The molecular formula is C16H19NO3S. The number of rotatable bonds is 6. The predicted octanol–water partition coefficient (Wildman–Crippen LogP) is 2.26. The Labute approximate surface area is 125 Å². The summed E-state index contributed by atoms with van der Waals surface area (Å²) in [4.78, 5) is 0.208. The van der Waals surface area contributed by atoms with Crippen molar-refractivity contribution in [3.05, 3.63) is 65.7 Å². The molecule has 0 aliphatic carbocycles. The van der Waals surface area contributed by atoms with Crippen molar-refractivity contribution in [1.82, 2.24) is 4.72 Å². The van der Waals surface area contributed by atoms with E-state index in [-0.39, 0.29) is 4.90 Å². The van der Waals surface area contributed by atoms with Crippen LogP contribution in [0.3, 0.4) is 0 Å². The van der Waals surface area contributed by atoms with Gasteiger partial charge in [0.1, 0.15) is 0 Å². The minimum absolute atomic E-state index is 0.208. The summed E-state index contributed by atoms with van der Waals surface area (Å²) in [5.74, 6) is 0. The Hall–Kier alpha value is -1.69. The summed E-state index contributed by atoms with van der Waals surface area (Å²) in [6.45, 7) is 1.99. The molecule has 0 heterocycles. The highest BCUT2D eigenvalue weighted by Crippen LogP contribution is 2.15. The van der Waals surface area contributed by atoms with Gasteiger partial charge in [-0.3, -0.25) is 0 Å². The maximum Gasteiger partial charge on any atom is 0.240 e. The summed E-state index contributed by atoms with van der Waals surface area (Å²) < 4.78 is 26.8. The first-order valence-electron chi connectivity index (χ1n) is 6.80. The summed E-state index contributed by atoms with van der Waals surface area (Å²) in [6.07, 6.45) is 0.0408. The summed E-state index contributed by atoms with van der Waals surface area (Å²) in [5, 5.41) is 9.42. The van der Waals surface area contributed by atoms with Crippen molar-refractivity contribution in [3.8, 4) is 0 Å². The van der Waals surface area contributed by atoms with Gasteiger partial charge in [0.15, 0.2) is 0 Å². The van der Waals surface area contributed by atoms with Gasteiger partial charge < -0.3 is 5.11 Å². The number of hydrogen-bond donors (Lipinski definition) is 2. The first-order valence-corrected chi connectivity index (χ1v) is 8.29. The van der Waals surface area contributed by atoms with E-state index in [4.69, 9.17) is 0 Å². The van der Waals surface area contributed by atoms with E-state index in [0.29, 0.717) is 18.5 Å². The Morgan fingerprint density at radius 2 is 1.67 bits per heavy atom. The number of aliphatic hydroxyl groups excluding tert-OH is 1. The van der Waals surface area contributed by atoms with Crippen molar-refractivity contribution in [2.24, 2.45) is 0 Å². The van der Waals surface area contributed by atoms with Crippen LogP contribution in [-0.4, -0.2) is 20.1 Å². The molecule has 21 heavy (non-hydrogen) atoms. The van der Waals surface area contributed by atoms with E-state index < -0.39 is 16.1 Å². The molecule has 5 heteroatoms. The van der Waals surface area contributed by atoms with Crippen molar-refractivity contribution in [1.29, 1.82) is 0 Å². The van der Waals surface area contributed by atoms with Gasteiger partial charge >= 0.3 is 0 Å². The zero-order chi connectivity index (χ0) is 15.3. The van der Waals surface area contributed by atoms with E-state index in [0.717, 1.165) is 5.56 Å². The molecular weight excluding hydrogens is 286 g/mol. The van der Waals surface area contributed by atoms with Crippen molar-refractivity contribution >= 4 is 10.0 Å². The molecule has 0 saturated carbocycles. The number of sulfonamides is 1. The third-order valence-corrected chi connectivity index (χ3v) is 4.70. The Kier molecular flexibility index (Phi) is 5.12. The zero-order valence-electron chi connectivity index (χ0n) is 11.9. The molecule has 0 aromatic heterocycles. The van der Waals surface area contributed by atoms with Crippen molar-refractivity contribution in [2.45, 2.75) is 24.3 Å². The highest BCUT2D eigenvalue weighted by atomic mass is 32.2. The highest BCUT2D eigenvalue weighted by molar-refractivity contribution is 7.89. The first kappa shape index (κ1) is 15.7. The molecule has 0 saturated heterocycles. The molecule has 2 N–H and O–H groups in total. The molecule has 2 aromatic carbocycles. The Bertz CT molecular complexity index is 664. The van der Waals surface area contributed by atoms with Crippen molar-refractivity contribution in [2.75, 3.05) is 6.54 Å². The molecule has 112 valence electrons. The van der Waals surface area contributed by atoms with Gasteiger partial charge in [-0.25, -0.2) is 13.1 Å². The monoisotopic (exact) mass is 305 g/mol. The van der Waals surface area contributed by atoms with Gasteiger partial charge in [-0.15, -0.1) is 0 Å². The molecule has 0 bridgehead atoms. The minimum atomic E-state index is -3.50. The van der Waals surface area contributed by atoms with Crippen LogP contribution in [0.4, 0.5) is 0 Å². The lowest BCUT2D eigenvalue weighted by atomic mass is 10.1. The van der Waals surface area contributed by atoms with Gasteiger partial charge in [0.2, 0.25) is 10.0 Å². The average molecular weight is 305 g/mol. The van der Waals surface area contributed by atoms with Crippen LogP contribution in [0.15, 0.2) is 59.5 Å². The highest BCUT2D eigenvalue weighted by Gasteiger charge is 2.13. The fraction of sp³-hybridized carbons (Fsp3) is 0.250. The lowest BCUT2D eigenvalue weighted by Crippen LogP contribution is -2.26. The number of nitrogens with one attached hydrogen (secondary N) is 1. The minimum Gasteiger partial charge on any atom is -0.389 e. The van der Waals surface area contributed by atoms with Gasteiger partial charge in [0.25, 0.3) is 0 Å². The van der Waals surface area contributed by atoms with Crippen LogP contribution in [0.25, 0.3) is 0 Å². The maximum absolute atomic E-state index is 12.1. The van der Waals surface area contributed by atoms with Crippen molar-refractivity contribution < 1.29 is 13.5 Å². The number of hydrogen-bond acceptors (Lipinski definition) is 3. The van der Waals surface area contributed by atoms with E-state index in [9.17, 15) is 13.5 Å². The Morgan fingerprint density at radius 1 is 1.05 bits per heavy atom. The summed E-state index contributed by atoms with van der Waals surface area (Å²) in [7, 11) is -3.50. The second-order valence-electron chi connectivity index (χ2n) is 4.88. The standard InChI is InChI=1S/C16H19NO3S/c1-13(18)15-7-9-16(10-8-15)21(19,20)17-12-11-14-5-3-2-4-6-14/h2-10,13,17-18H,11-12H2,1H3. The molecule has 0 aliphatic heterocycles. The van der Waals surface area contributed by atoms with E-state index in [1.165, 1.54) is 12.1 Å². The smallest absolute Gasteiger partial charge is 0.240 e. The molecule has 0 amide bonds. The normalized spacial score (nSPS) is 13.0. The van der Waals surface area contributed by atoms with Crippen LogP contribution >= 0.6 is 0 Å².